The molecule has 100 valence electrons. The summed E-state index contributed by atoms with van der Waals surface area (Å²) in [6.07, 6.45) is 0. The first-order valence-electron chi connectivity index (χ1n) is 6.49. The predicted molar refractivity (Wildman–Crippen MR) is 78.2 cm³/mol. The SMILES string of the molecule is NC1=NC(=O)N(Cc2ccccc2)C1c1ccccc1. The average Bonchev–Trinajstić information content (AvgIpc) is 2.75. The number of aliphatic imine (C=N–C) groups is 1. The molecule has 1 aliphatic rings. The van der Waals surface area contributed by atoms with E-state index in [0.29, 0.717) is 12.4 Å². The van der Waals surface area contributed by atoms with Gasteiger partial charge in [0, 0.05) is 6.54 Å². The van der Waals surface area contributed by atoms with Crippen LogP contribution in [-0.4, -0.2) is 16.8 Å². The zero-order chi connectivity index (χ0) is 13.9. The molecule has 4 heteroatoms. The maximum atomic E-state index is 12.0. The van der Waals surface area contributed by atoms with Crippen molar-refractivity contribution in [3.05, 3.63) is 71.8 Å². The van der Waals surface area contributed by atoms with Crippen molar-refractivity contribution >= 4 is 11.9 Å². The molecule has 3 rings (SSSR count). The summed E-state index contributed by atoms with van der Waals surface area (Å²) in [5.74, 6) is 0.358. The number of hydrogen-bond donors (Lipinski definition) is 1. The highest BCUT2D eigenvalue weighted by Gasteiger charge is 2.34. The van der Waals surface area contributed by atoms with Gasteiger partial charge in [-0.3, -0.25) is 0 Å². The van der Waals surface area contributed by atoms with E-state index in [1.165, 1.54) is 0 Å². The molecule has 1 atom stereocenters. The van der Waals surface area contributed by atoms with Crippen molar-refractivity contribution in [1.29, 1.82) is 0 Å². The van der Waals surface area contributed by atoms with Crippen molar-refractivity contribution in [3.63, 3.8) is 0 Å². The predicted octanol–water partition coefficient (Wildman–Crippen LogP) is 2.72. The Bertz CT molecular complexity index is 637. The van der Waals surface area contributed by atoms with E-state index < -0.39 is 0 Å². The summed E-state index contributed by atoms with van der Waals surface area (Å²) in [7, 11) is 0. The molecule has 0 radical (unpaired) electrons. The van der Waals surface area contributed by atoms with E-state index in [1.807, 2.05) is 60.7 Å². The van der Waals surface area contributed by atoms with Crippen molar-refractivity contribution in [3.8, 4) is 0 Å². The summed E-state index contributed by atoms with van der Waals surface area (Å²) in [6.45, 7) is 0.503. The van der Waals surface area contributed by atoms with E-state index in [0.717, 1.165) is 11.1 Å². The van der Waals surface area contributed by atoms with Gasteiger partial charge in [0.15, 0.2) is 0 Å². The maximum absolute atomic E-state index is 12.0. The lowest BCUT2D eigenvalue weighted by Gasteiger charge is -2.24. The van der Waals surface area contributed by atoms with E-state index in [1.54, 1.807) is 4.90 Å². The number of rotatable bonds is 3. The standard InChI is InChI=1S/C16H15N3O/c17-15-14(13-9-5-2-6-10-13)19(16(20)18-15)11-12-7-3-1-4-8-12/h1-10,14H,11H2,(H2,17,18,20). The van der Waals surface area contributed by atoms with Crippen molar-refractivity contribution in [2.45, 2.75) is 12.6 Å². The van der Waals surface area contributed by atoms with Gasteiger partial charge in [-0.1, -0.05) is 60.7 Å². The average molecular weight is 265 g/mol. The number of carbonyl (C=O) groups excluding carboxylic acids is 1. The van der Waals surface area contributed by atoms with Crippen molar-refractivity contribution in [1.82, 2.24) is 4.90 Å². The fourth-order valence-corrected chi connectivity index (χ4v) is 2.43. The number of urea groups is 1. The van der Waals surface area contributed by atoms with Gasteiger partial charge < -0.3 is 10.6 Å². The molecule has 0 aliphatic carbocycles. The highest BCUT2D eigenvalue weighted by Crippen LogP contribution is 2.28. The molecule has 1 heterocycles. The first-order chi connectivity index (χ1) is 9.75. The number of benzene rings is 2. The zero-order valence-electron chi connectivity index (χ0n) is 10.9. The third kappa shape index (κ3) is 2.28. The van der Waals surface area contributed by atoms with Crippen LogP contribution in [0.1, 0.15) is 17.2 Å². The zero-order valence-corrected chi connectivity index (χ0v) is 10.9. The molecular weight excluding hydrogens is 250 g/mol. The summed E-state index contributed by atoms with van der Waals surface area (Å²) in [4.78, 5) is 17.6. The molecule has 0 aromatic heterocycles. The fraction of sp³-hybridized carbons (Fsp3) is 0.125. The minimum absolute atomic E-state index is 0.274. The van der Waals surface area contributed by atoms with Gasteiger partial charge in [0.25, 0.3) is 0 Å². The van der Waals surface area contributed by atoms with Crippen molar-refractivity contribution in [2.75, 3.05) is 0 Å². The molecule has 20 heavy (non-hydrogen) atoms. The highest BCUT2D eigenvalue weighted by atomic mass is 16.2. The van der Waals surface area contributed by atoms with Gasteiger partial charge in [-0.05, 0) is 11.1 Å². The molecule has 0 saturated carbocycles. The van der Waals surface area contributed by atoms with Crippen molar-refractivity contribution < 1.29 is 4.79 Å². The van der Waals surface area contributed by atoms with E-state index in [4.69, 9.17) is 5.73 Å². The molecule has 2 amide bonds. The normalized spacial score (nSPS) is 18.2. The maximum Gasteiger partial charge on any atom is 0.346 e. The summed E-state index contributed by atoms with van der Waals surface area (Å²) in [5, 5.41) is 0. The van der Waals surface area contributed by atoms with Crippen LogP contribution in [0.25, 0.3) is 0 Å². The quantitative estimate of drug-likeness (QED) is 0.927. The molecule has 0 spiro atoms. The highest BCUT2D eigenvalue weighted by molar-refractivity contribution is 6.03. The van der Waals surface area contributed by atoms with Gasteiger partial charge in [-0.15, -0.1) is 0 Å². The van der Waals surface area contributed by atoms with Crippen LogP contribution in [0.3, 0.4) is 0 Å². The topological polar surface area (TPSA) is 58.7 Å². The Balaban J connectivity index is 1.91. The number of carbonyl (C=O) groups is 1. The Morgan fingerprint density at radius 3 is 2.25 bits per heavy atom. The third-order valence-electron chi connectivity index (χ3n) is 3.37. The summed E-state index contributed by atoms with van der Waals surface area (Å²) < 4.78 is 0. The molecule has 2 aromatic rings. The first kappa shape index (κ1) is 12.4. The van der Waals surface area contributed by atoms with Crippen LogP contribution in [0.4, 0.5) is 4.79 Å². The lowest BCUT2D eigenvalue weighted by molar-refractivity contribution is 0.204. The van der Waals surface area contributed by atoms with Crippen LogP contribution < -0.4 is 5.73 Å². The number of amidine groups is 1. The van der Waals surface area contributed by atoms with Gasteiger partial charge in [0.1, 0.15) is 11.9 Å². The molecule has 0 saturated heterocycles. The Labute approximate surface area is 117 Å². The second kappa shape index (κ2) is 5.17. The van der Waals surface area contributed by atoms with Gasteiger partial charge in [-0.2, -0.15) is 4.99 Å². The molecule has 2 aromatic carbocycles. The largest absolute Gasteiger partial charge is 0.385 e. The second-order valence-electron chi connectivity index (χ2n) is 4.75. The first-order valence-corrected chi connectivity index (χ1v) is 6.49. The summed E-state index contributed by atoms with van der Waals surface area (Å²) >= 11 is 0. The third-order valence-corrected chi connectivity index (χ3v) is 3.37. The molecule has 4 nitrogen and oxygen atoms in total. The van der Waals surface area contributed by atoms with Gasteiger partial charge in [0.05, 0.1) is 0 Å². The number of nitrogens with two attached hydrogens (primary N) is 1. The van der Waals surface area contributed by atoms with E-state index in [9.17, 15) is 4.79 Å². The van der Waals surface area contributed by atoms with Crippen LogP contribution in [0.15, 0.2) is 65.7 Å². The van der Waals surface area contributed by atoms with Crippen LogP contribution in [-0.2, 0) is 6.54 Å². The number of amides is 2. The molecule has 1 aliphatic heterocycles. The van der Waals surface area contributed by atoms with Crippen LogP contribution in [0.2, 0.25) is 0 Å². The lowest BCUT2D eigenvalue weighted by Crippen LogP contribution is -2.32. The second-order valence-corrected chi connectivity index (χ2v) is 4.75. The summed E-state index contributed by atoms with van der Waals surface area (Å²) in [5.41, 5.74) is 7.98. The minimum atomic E-state index is -0.278. The number of nitrogens with zero attached hydrogens (tertiary/aromatic N) is 2. The van der Waals surface area contributed by atoms with Gasteiger partial charge in [-0.25, -0.2) is 4.79 Å². The van der Waals surface area contributed by atoms with Crippen LogP contribution in [0.5, 0.6) is 0 Å². The molecule has 0 fully saturated rings. The number of hydrogen-bond acceptors (Lipinski definition) is 2. The monoisotopic (exact) mass is 265 g/mol. The molecule has 0 bridgehead atoms. The lowest BCUT2D eigenvalue weighted by atomic mass is 10.0. The molecule has 1 unspecified atom stereocenters. The van der Waals surface area contributed by atoms with Gasteiger partial charge in [0.2, 0.25) is 0 Å². The molecular formula is C16H15N3O. The molecule has 2 N–H and O–H groups in total. The Hall–Kier alpha value is -2.62. The van der Waals surface area contributed by atoms with Crippen molar-refractivity contribution in [2.24, 2.45) is 10.7 Å². The minimum Gasteiger partial charge on any atom is -0.385 e. The van der Waals surface area contributed by atoms with Gasteiger partial charge >= 0.3 is 6.03 Å². The Morgan fingerprint density at radius 2 is 1.60 bits per heavy atom. The Morgan fingerprint density at radius 1 is 1.00 bits per heavy atom. The summed E-state index contributed by atoms with van der Waals surface area (Å²) in [6, 6.07) is 19.0. The van der Waals surface area contributed by atoms with E-state index in [-0.39, 0.29) is 12.1 Å². The van der Waals surface area contributed by atoms with E-state index >= 15 is 0 Å². The van der Waals surface area contributed by atoms with E-state index in [2.05, 4.69) is 4.99 Å². The fourth-order valence-electron chi connectivity index (χ4n) is 2.43. The Kier molecular flexibility index (Phi) is 3.21. The van der Waals surface area contributed by atoms with Crippen LogP contribution in [0, 0.1) is 0 Å². The smallest absolute Gasteiger partial charge is 0.346 e. The van der Waals surface area contributed by atoms with Crippen LogP contribution >= 0.6 is 0 Å².